The van der Waals surface area contributed by atoms with Gasteiger partial charge in [-0.3, -0.25) is 4.79 Å². The molecule has 1 heterocycles. The van der Waals surface area contributed by atoms with E-state index in [0.717, 1.165) is 17.8 Å². The Morgan fingerprint density at radius 1 is 1.26 bits per heavy atom. The quantitative estimate of drug-likeness (QED) is 0.908. The number of carbonyl (C=O) groups excluding carboxylic acids is 1. The molecule has 19 heavy (non-hydrogen) atoms. The van der Waals surface area contributed by atoms with E-state index in [0.29, 0.717) is 11.1 Å². The zero-order valence-corrected chi connectivity index (χ0v) is 10.7. The van der Waals surface area contributed by atoms with Crippen molar-refractivity contribution in [1.82, 2.24) is 9.88 Å². The first-order chi connectivity index (χ1) is 8.99. The molecule has 0 aliphatic carbocycles. The minimum atomic E-state index is -0.914. The van der Waals surface area contributed by atoms with Crippen LogP contribution in [0.15, 0.2) is 30.5 Å². The zero-order chi connectivity index (χ0) is 14.0. The van der Waals surface area contributed by atoms with Gasteiger partial charge in [-0.25, -0.2) is 8.78 Å². The van der Waals surface area contributed by atoms with Gasteiger partial charge in [-0.2, -0.15) is 0 Å². The highest BCUT2D eigenvalue weighted by molar-refractivity contribution is 5.95. The molecule has 1 amide bonds. The van der Waals surface area contributed by atoms with Gasteiger partial charge in [0.25, 0.3) is 5.91 Å². The molecule has 1 aromatic carbocycles. The third-order valence-electron chi connectivity index (χ3n) is 3.07. The second-order valence-corrected chi connectivity index (χ2v) is 4.36. The SMILES string of the molecule is Cc1c(C(=O)NCc2ccc(F)c(F)c2)ccn1C. The van der Waals surface area contributed by atoms with Crippen LogP contribution in [0.25, 0.3) is 0 Å². The van der Waals surface area contributed by atoms with E-state index >= 15 is 0 Å². The highest BCUT2D eigenvalue weighted by Crippen LogP contribution is 2.10. The molecule has 0 aliphatic rings. The summed E-state index contributed by atoms with van der Waals surface area (Å²) in [7, 11) is 1.85. The molecule has 3 nitrogen and oxygen atoms in total. The number of halogens is 2. The smallest absolute Gasteiger partial charge is 0.253 e. The van der Waals surface area contributed by atoms with Gasteiger partial charge in [0.2, 0.25) is 0 Å². The molecule has 2 rings (SSSR count). The van der Waals surface area contributed by atoms with Gasteiger partial charge < -0.3 is 9.88 Å². The number of amides is 1. The van der Waals surface area contributed by atoms with E-state index < -0.39 is 11.6 Å². The van der Waals surface area contributed by atoms with Crippen molar-refractivity contribution >= 4 is 5.91 Å². The Hall–Kier alpha value is -2.17. The predicted octanol–water partition coefficient (Wildman–Crippen LogP) is 2.54. The number of hydrogen-bond acceptors (Lipinski definition) is 1. The molecule has 0 aliphatic heterocycles. The lowest BCUT2D eigenvalue weighted by atomic mass is 10.2. The average molecular weight is 264 g/mol. The van der Waals surface area contributed by atoms with Crippen LogP contribution in [0.3, 0.4) is 0 Å². The Balaban J connectivity index is 2.04. The summed E-state index contributed by atoms with van der Waals surface area (Å²) < 4.78 is 27.6. The van der Waals surface area contributed by atoms with Gasteiger partial charge in [0, 0.05) is 25.5 Å². The molecule has 1 N–H and O–H groups in total. The van der Waals surface area contributed by atoms with Crippen LogP contribution in [-0.2, 0) is 13.6 Å². The van der Waals surface area contributed by atoms with E-state index in [9.17, 15) is 13.6 Å². The second kappa shape index (κ2) is 5.22. The van der Waals surface area contributed by atoms with Gasteiger partial charge in [0.15, 0.2) is 11.6 Å². The molecule has 0 atom stereocenters. The van der Waals surface area contributed by atoms with Crippen molar-refractivity contribution < 1.29 is 13.6 Å². The Morgan fingerprint density at radius 3 is 2.58 bits per heavy atom. The average Bonchev–Trinajstić information content (AvgIpc) is 2.71. The summed E-state index contributed by atoms with van der Waals surface area (Å²) in [6.45, 7) is 2.00. The monoisotopic (exact) mass is 264 g/mol. The van der Waals surface area contributed by atoms with E-state index in [1.807, 2.05) is 18.5 Å². The van der Waals surface area contributed by atoms with Gasteiger partial charge >= 0.3 is 0 Å². The van der Waals surface area contributed by atoms with Crippen LogP contribution >= 0.6 is 0 Å². The molecule has 100 valence electrons. The van der Waals surface area contributed by atoms with Crippen molar-refractivity contribution in [1.29, 1.82) is 0 Å². The van der Waals surface area contributed by atoms with Crippen molar-refractivity contribution in [2.24, 2.45) is 7.05 Å². The van der Waals surface area contributed by atoms with Crippen LogP contribution in [0, 0.1) is 18.6 Å². The first-order valence-electron chi connectivity index (χ1n) is 5.83. The molecule has 5 heteroatoms. The topological polar surface area (TPSA) is 34.0 Å². The Labute approximate surface area is 109 Å². The number of aromatic nitrogens is 1. The van der Waals surface area contributed by atoms with Crippen LogP contribution in [0.1, 0.15) is 21.6 Å². The number of benzene rings is 1. The third-order valence-corrected chi connectivity index (χ3v) is 3.07. The number of hydrogen-bond donors (Lipinski definition) is 1. The van der Waals surface area contributed by atoms with Crippen molar-refractivity contribution in [2.45, 2.75) is 13.5 Å². The number of carbonyl (C=O) groups is 1. The fourth-order valence-electron chi connectivity index (χ4n) is 1.78. The zero-order valence-electron chi connectivity index (χ0n) is 10.7. The van der Waals surface area contributed by atoms with Crippen LogP contribution in [-0.4, -0.2) is 10.5 Å². The van der Waals surface area contributed by atoms with Crippen molar-refractivity contribution in [3.05, 3.63) is 58.9 Å². The summed E-state index contributed by atoms with van der Waals surface area (Å²) in [4.78, 5) is 11.9. The molecule has 1 aromatic heterocycles. The minimum absolute atomic E-state index is 0.157. The molecule has 0 saturated heterocycles. The molecule has 0 bridgehead atoms. The van der Waals surface area contributed by atoms with Crippen molar-refractivity contribution in [3.63, 3.8) is 0 Å². The molecule has 0 unspecified atom stereocenters. The van der Waals surface area contributed by atoms with Crippen molar-refractivity contribution in [2.75, 3.05) is 0 Å². The number of nitrogens with zero attached hydrogens (tertiary/aromatic N) is 1. The van der Waals surface area contributed by atoms with Gasteiger partial charge in [-0.05, 0) is 30.7 Å². The first kappa shape index (κ1) is 13.3. The third kappa shape index (κ3) is 2.81. The van der Waals surface area contributed by atoms with Crippen LogP contribution in [0.2, 0.25) is 0 Å². The predicted molar refractivity (Wildman–Crippen MR) is 67.7 cm³/mol. The summed E-state index contributed by atoms with van der Waals surface area (Å²) in [5, 5.41) is 2.67. The fraction of sp³-hybridized carbons (Fsp3) is 0.214. The molecule has 0 spiro atoms. The van der Waals surface area contributed by atoms with E-state index in [-0.39, 0.29) is 12.5 Å². The molecule has 0 saturated carbocycles. The van der Waals surface area contributed by atoms with E-state index in [1.165, 1.54) is 6.07 Å². The molecule has 2 aromatic rings. The summed E-state index contributed by atoms with van der Waals surface area (Å²) in [6, 6.07) is 5.28. The normalized spacial score (nSPS) is 10.5. The van der Waals surface area contributed by atoms with Gasteiger partial charge in [0.1, 0.15) is 0 Å². The molecular formula is C14H14F2N2O. The lowest BCUT2D eigenvalue weighted by Crippen LogP contribution is -2.23. The molecule has 0 fully saturated rings. The molecular weight excluding hydrogens is 250 g/mol. The van der Waals surface area contributed by atoms with E-state index in [4.69, 9.17) is 0 Å². The lowest BCUT2D eigenvalue weighted by Gasteiger charge is -2.06. The number of nitrogens with one attached hydrogen (secondary N) is 1. The largest absolute Gasteiger partial charge is 0.354 e. The van der Waals surface area contributed by atoms with E-state index in [2.05, 4.69) is 5.32 Å². The summed E-state index contributed by atoms with van der Waals surface area (Å²) in [6.07, 6.45) is 1.79. The number of rotatable bonds is 3. The Bertz CT molecular complexity index is 620. The maximum Gasteiger partial charge on any atom is 0.253 e. The van der Waals surface area contributed by atoms with Crippen LogP contribution < -0.4 is 5.32 Å². The first-order valence-corrected chi connectivity index (χ1v) is 5.83. The summed E-state index contributed by atoms with van der Waals surface area (Å²) in [5.41, 5.74) is 1.94. The lowest BCUT2D eigenvalue weighted by molar-refractivity contribution is 0.0950. The van der Waals surface area contributed by atoms with Crippen LogP contribution in [0.5, 0.6) is 0 Å². The van der Waals surface area contributed by atoms with Crippen molar-refractivity contribution in [3.8, 4) is 0 Å². The minimum Gasteiger partial charge on any atom is -0.354 e. The maximum absolute atomic E-state index is 13.0. The maximum atomic E-state index is 13.0. The summed E-state index contributed by atoms with van der Waals surface area (Å²) in [5.74, 6) is -2.04. The Morgan fingerprint density at radius 2 is 2.00 bits per heavy atom. The van der Waals surface area contributed by atoms with Gasteiger partial charge in [-0.1, -0.05) is 6.07 Å². The molecule has 0 radical (unpaired) electrons. The second-order valence-electron chi connectivity index (χ2n) is 4.36. The highest BCUT2D eigenvalue weighted by atomic mass is 19.2. The van der Waals surface area contributed by atoms with Gasteiger partial charge in [0.05, 0.1) is 5.56 Å². The summed E-state index contributed by atoms with van der Waals surface area (Å²) >= 11 is 0. The van der Waals surface area contributed by atoms with Gasteiger partial charge in [-0.15, -0.1) is 0 Å². The Kier molecular flexibility index (Phi) is 3.64. The van der Waals surface area contributed by atoms with E-state index in [1.54, 1.807) is 12.3 Å². The number of aryl methyl sites for hydroxylation is 1. The van der Waals surface area contributed by atoms with Crippen LogP contribution in [0.4, 0.5) is 8.78 Å². The fourth-order valence-corrected chi connectivity index (χ4v) is 1.78. The highest BCUT2D eigenvalue weighted by Gasteiger charge is 2.11. The standard InChI is InChI=1S/C14H14F2N2O/c1-9-11(5-6-18(9)2)14(19)17-8-10-3-4-12(15)13(16)7-10/h3-7H,8H2,1-2H3,(H,17,19).